The number of nitrogens with one attached hydrogen (secondary N) is 1. The molecule has 0 amide bonds. The van der Waals surface area contributed by atoms with Crippen LogP contribution in [0.25, 0.3) is 0 Å². The van der Waals surface area contributed by atoms with Crippen LogP contribution in [-0.2, 0) is 14.8 Å². The molecule has 31 heavy (non-hydrogen) atoms. The predicted octanol–water partition coefficient (Wildman–Crippen LogP) is 3.18. The van der Waals surface area contributed by atoms with Crippen molar-refractivity contribution in [3.05, 3.63) is 40.9 Å². The Bertz CT molecular complexity index is 1290. The second-order valence-corrected chi connectivity index (χ2v) is 9.35. The number of benzene rings is 2. The van der Waals surface area contributed by atoms with E-state index in [2.05, 4.69) is 20.3 Å². The third kappa shape index (κ3) is 3.66. The highest BCUT2D eigenvalue weighted by molar-refractivity contribution is 8.01. The Morgan fingerprint density at radius 2 is 1.74 bits per heavy atom. The molecular formula is C18H15ClN4O6S2. The van der Waals surface area contributed by atoms with Gasteiger partial charge in [-0.3, -0.25) is 0 Å². The molecule has 2 aromatic carbocycles. The van der Waals surface area contributed by atoms with Gasteiger partial charge in [-0.25, -0.2) is 13.2 Å². The number of ether oxygens (including phenoxy) is 3. The number of esters is 1. The van der Waals surface area contributed by atoms with E-state index in [1.165, 1.54) is 33.5 Å². The first-order valence-electron chi connectivity index (χ1n) is 8.59. The van der Waals surface area contributed by atoms with Gasteiger partial charge in [-0.2, -0.15) is 3.97 Å². The summed E-state index contributed by atoms with van der Waals surface area (Å²) in [6.07, 6.45) is 0. The molecule has 162 valence electrons. The first kappa shape index (κ1) is 21.3. The van der Waals surface area contributed by atoms with Gasteiger partial charge in [0, 0.05) is 28.8 Å². The molecule has 0 unspecified atom stereocenters. The van der Waals surface area contributed by atoms with E-state index in [-0.39, 0.29) is 26.6 Å². The molecule has 0 bridgehead atoms. The summed E-state index contributed by atoms with van der Waals surface area (Å²) in [5.74, 6) is 0.211. The van der Waals surface area contributed by atoms with Gasteiger partial charge in [0.15, 0.2) is 0 Å². The number of nitrogens with zero attached hydrogens (tertiary/aromatic N) is 3. The quantitative estimate of drug-likeness (QED) is 0.424. The van der Waals surface area contributed by atoms with Crippen molar-refractivity contribution < 1.29 is 27.4 Å². The summed E-state index contributed by atoms with van der Waals surface area (Å²) in [4.78, 5) is 12.2. The number of hydrogen-bond acceptors (Lipinski definition) is 10. The minimum atomic E-state index is -4.14. The SMILES string of the molecule is COC(=O)c1cc2c(cc1Cl)Sc1nnc(Nc3cc(OC)cc(OC)c3)n1S2(=O)=O. The van der Waals surface area contributed by atoms with E-state index < -0.39 is 16.0 Å². The molecule has 0 fully saturated rings. The number of aromatic nitrogens is 3. The third-order valence-corrected chi connectivity index (χ3v) is 7.64. The van der Waals surface area contributed by atoms with E-state index in [9.17, 15) is 13.2 Å². The van der Waals surface area contributed by atoms with Crippen molar-refractivity contribution in [3.63, 3.8) is 0 Å². The fraction of sp³-hybridized carbons (Fsp3) is 0.167. The molecule has 0 spiro atoms. The fourth-order valence-corrected chi connectivity index (χ4v) is 6.17. The van der Waals surface area contributed by atoms with Crippen LogP contribution in [0.5, 0.6) is 11.5 Å². The largest absolute Gasteiger partial charge is 0.497 e. The number of carbonyl (C=O) groups is 1. The molecule has 2 heterocycles. The van der Waals surface area contributed by atoms with Gasteiger partial charge >= 0.3 is 5.97 Å². The Morgan fingerprint density at radius 1 is 1.06 bits per heavy atom. The molecule has 0 atom stereocenters. The fourth-order valence-electron chi connectivity index (χ4n) is 2.90. The Hall–Kier alpha value is -2.96. The zero-order valence-electron chi connectivity index (χ0n) is 16.4. The van der Waals surface area contributed by atoms with Gasteiger partial charge in [0.1, 0.15) is 16.4 Å². The topological polar surface area (TPSA) is 122 Å². The summed E-state index contributed by atoms with van der Waals surface area (Å²) < 4.78 is 42.9. The van der Waals surface area contributed by atoms with Crippen molar-refractivity contribution in [2.24, 2.45) is 0 Å². The van der Waals surface area contributed by atoms with Crippen molar-refractivity contribution in [1.29, 1.82) is 0 Å². The van der Waals surface area contributed by atoms with Gasteiger partial charge in [0.05, 0.1) is 31.9 Å². The Labute approximate surface area is 186 Å². The second-order valence-electron chi connectivity index (χ2n) is 6.17. The zero-order valence-corrected chi connectivity index (χ0v) is 18.8. The van der Waals surface area contributed by atoms with Gasteiger partial charge in [-0.05, 0) is 23.9 Å². The minimum absolute atomic E-state index is 0.0435. The maximum absolute atomic E-state index is 13.4. The van der Waals surface area contributed by atoms with E-state index in [0.717, 1.165) is 15.7 Å². The lowest BCUT2D eigenvalue weighted by atomic mass is 10.2. The third-order valence-electron chi connectivity index (χ3n) is 4.36. The summed E-state index contributed by atoms with van der Waals surface area (Å²) in [7, 11) is 0.0416. The van der Waals surface area contributed by atoms with Gasteiger partial charge in [0.25, 0.3) is 10.0 Å². The zero-order chi connectivity index (χ0) is 22.3. The lowest BCUT2D eigenvalue weighted by Crippen LogP contribution is -2.21. The molecule has 1 aliphatic rings. The molecule has 3 aromatic rings. The molecular weight excluding hydrogens is 468 g/mol. The molecule has 1 aromatic heterocycles. The van der Waals surface area contributed by atoms with E-state index in [0.29, 0.717) is 22.1 Å². The molecule has 1 N–H and O–H groups in total. The Morgan fingerprint density at radius 3 is 2.35 bits per heavy atom. The highest BCUT2D eigenvalue weighted by atomic mass is 35.5. The van der Waals surface area contributed by atoms with Crippen molar-refractivity contribution in [3.8, 4) is 11.5 Å². The number of fused-ring (bicyclic) bond motifs is 2. The van der Waals surface area contributed by atoms with Crippen LogP contribution in [0.2, 0.25) is 5.02 Å². The molecule has 13 heteroatoms. The number of rotatable bonds is 5. The Kier molecular flexibility index (Phi) is 5.45. The first-order valence-corrected chi connectivity index (χ1v) is 11.2. The van der Waals surface area contributed by atoms with Crippen LogP contribution < -0.4 is 14.8 Å². The molecule has 0 saturated carbocycles. The van der Waals surface area contributed by atoms with Crippen molar-refractivity contribution >= 4 is 51.0 Å². The average Bonchev–Trinajstić information content (AvgIpc) is 3.15. The van der Waals surface area contributed by atoms with E-state index in [4.69, 9.17) is 21.1 Å². The first-order chi connectivity index (χ1) is 14.8. The van der Waals surface area contributed by atoms with Crippen LogP contribution in [0, 0.1) is 0 Å². The molecule has 0 aliphatic carbocycles. The van der Waals surface area contributed by atoms with Crippen LogP contribution in [0.15, 0.2) is 45.3 Å². The summed E-state index contributed by atoms with van der Waals surface area (Å²) in [5.41, 5.74) is 0.416. The number of hydrogen-bond donors (Lipinski definition) is 1. The van der Waals surface area contributed by atoms with E-state index in [1.807, 2.05) is 0 Å². The van der Waals surface area contributed by atoms with Crippen LogP contribution in [0.4, 0.5) is 11.6 Å². The Balaban J connectivity index is 1.80. The molecule has 0 radical (unpaired) electrons. The van der Waals surface area contributed by atoms with Crippen molar-refractivity contribution in [2.75, 3.05) is 26.6 Å². The summed E-state index contributed by atoms with van der Waals surface area (Å²) in [6.45, 7) is 0. The molecule has 4 rings (SSSR count). The minimum Gasteiger partial charge on any atom is -0.497 e. The summed E-state index contributed by atoms with van der Waals surface area (Å²) in [5, 5.41) is 11.1. The van der Waals surface area contributed by atoms with Crippen LogP contribution in [0.1, 0.15) is 10.4 Å². The number of anilines is 2. The van der Waals surface area contributed by atoms with Gasteiger partial charge in [0.2, 0.25) is 11.1 Å². The summed E-state index contributed by atoms with van der Waals surface area (Å²) in [6, 6.07) is 7.55. The number of halogens is 1. The smallest absolute Gasteiger partial charge is 0.339 e. The molecule has 1 aliphatic heterocycles. The van der Waals surface area contributed by atoms with Gasteiger partial charge < -0.3 is 19.5 Å². The van der Waals surface area contributed by atoms with Crippen molar-refractivity contribution in [2.45, 2.75) is 14.9 Å². The maximum atomic E-state index is 13.4. The van der Waals surface area contributed by atoms with Crippen LogP contribution >= 0.6 is 23.4 Å². The lowest BCUT2D eigenvalue weighted by molar-refractivity contribution is 0.0600. The standard InChI is InChI=1S/C18H15ClN4O6S2/c1-27-10-4-9(5-11(6-10)28-2)20-17-21-22-18-23(17)31(25,26)15-7-12(16(24)29-3)13(19)8-14(15)30-18/h4-8H,1-3H3,(H,20,21). The lowest BCUT2D eigenvalue weighted by Gasteiger charge is -2.20. The van der Waals surface area contributed by atoms with Crippen LogP contribution in [0.3, 0.4) is 0 Å². The van der Waals surface area contributed by atoms with Gasteiger partial charge in [-0.15, -0.1) is 10.2 Å². The molecule has 0 saturated heterocycles. The monoisotopic (exact) mass is 482 g/mol. The second kappa shape index (κ2) is 7.94. The van der Waals surface area contributed by atoms with Gasteiger partial charge in [-0.1, -0.05) is 11.6 Å². The summed E-state index contributed by atoms with van der Waals surface area (Å²) >= 11 is 7.19. The molecule has 10 nitrogen and oxygen atoms in total. The average molecular weight is 483 g/mol. The number of carbonyl (C=O) groups excluding carboxylic acids is 1. The van der Waals surface area contributed by atoms with Crippen LogP contribution in [-0.4, -0.2) is 49.9 Å². The van der Waals surface area contributed by atoms with E-state index in [1.54, 1.807) is 18.2 Å². The predicted molar refractivity (Wildman–Crippen MR) is 112 cm³/mol. The van der Waals surface area contributed by atoms with E-state index >= 15 is 0 Å². The number of methoxy groups -OCH3 is 3. The highest BCUT2D eigenvalue weighted by Gasteiger charge is 2.35. The maximum Gasteiger partial charge on any atom is 0.339 e. The normalized spacial score (nSPS) is 13.7. The highest BCUT2D eigenvalue weighted by Crippen LogP contribution is 2.43. The van der Waals surface area contributed by atoms with Crippen molar-refractivity contribution in [1.82, 2.24) is 14.2 Å².